The van der Waals surface area contributed by atoms with Crippen LogP contribution in [0.4, 0.5) is 0 Å². The third-order valence-electron chi connectivity index (χ3n) is 3.00. The van der Waals surface area contributed by atoms with Gasteiger partial charge in [0.05, 0.1) is 0 Å². The molecule has 86 valence electrons. The molecule has 0 heterocycles. The lowest BCUT2D eigenvalue weighted by Crippen LogP contribution is -2.25. The predicted octanol–water partition coefficient (Wildman–Crippen LogP) is 4.11. The van der Waals surface area contributed by atoms with Crippen LogP contribution in [0.5, 0.6) is 0 Å². The molecule has 0 aromatic heterocycles. The van der Waals surface area contributed by atoms with Gasteiger partial charge in [0.15, 0.2) is 0 Å². The molecule has 0 saturated heterocycles. The Bertz CT molecular complexity index is 110. The number of unbranched alkanes of at least 4 members (excludes halogenated alkanes) is 6. The molecule has 1 unspecified atom stereocenters. The van der Waals surface area contributed by atoms with Crippen LogP contribution in [0, 0.1) is 5.92 Å². The molecule has 2 N–H and O–H groups in total. The molecule has 0 radical (unpaired) electrons. The zero-order valence-electron chi connectivity index (χ0n) is 10.4. The van der Waals surface area contributed by atoms with Crippen molar-refractivity contribution in [3.05, 3.63) is 0 Å². The van der Waals surface area contributed by atoms with Gasteiger partial charge in [-0.1, -0.05) is 65.7 Å². The lowest BCUT2D eigenvalue weighted by molar-refractivity contribution is 0.439. The van der Waals surface area contributed by atoms with E-state index in [1.54, 1.807) is 0 Å². The summed E-state index contributed by atoms with van der Waals surface area (Å²) in [4.78, 5) is 0. The van der Waals surface area contributed by atoms with Gasteiger partial charge < -0.3 is 5.73 Å². The Hall–Kier alpha value is -0.0400. The second kappa shape index (κ2) is 9.51. The summed E-state index contributed by atoms with van der Waals surface area (Å²) in [7, 11) is 0. The standard InChI is InChI=1S/C13H29N/c1-4-5-6-7-8-9-10-11-13(14)12(2)3/h12-13H,4-11,14H2,1-3H3. The topological polar surface area (TPSA) is 26.0 Å². The van der Waals surface area contributed by atoms with Gasteiger partial charge >= 0.3 is 0 Å². The second-order valence-corrected chi connectivity index (χ2v) is 4.82. The van der Waals surface area contributed by atoms with Crippen LogP contribution in [-0.4, -0.2) is 6.04 Å². The quantitative estimate of drug-likeness (QED) is 0.556. The zero-order chi connectivity index (χ0) is 10.8. The molecule has 1 heteroatoms. The highest BCUT2D eigenvalue weighted by Crippen LogP contribution is 2.11. The molecule has 0 aliphatic carbocycles. The Labute approximate surface area is 90.5 Å². The monoisotopic (exact) mass is 199 g/mol. The molecule has 0 rings (SSSR count). The normalized spacial score (nSPS) is 13.5. The van der Waals surface area contributed by atoms with Gasteiger partial charge in [0, 0.05) is 6.04 Å². The molecule has 0 bridgehead atoms. The zero-order valence-corrected chi connectivity index (χ0v) is 10.4. The molecule has 0 aliphatic heterocycles. The number of rotatable bonds is 9. The minimum Gasteiger partial charge on any atom is -0.327 e. The molecular formula is C13H29N. The van der Waals surface area contributed by atoms with Crippen LogP contribution in [0.3, 0.4) is 0 Å². The summed E-state index contributed by atoms with van der Waals surface area (Å²) >= 11 is 0. The minimum absolute atomic E-state index is 0.422. The molecule has 0 aromatic rings. The van der Waals surface area contributed by atoms with Crippen LogP contribution in [0.25, 0.3) is 0 Å². The average Bonchev–Trinajstić information content (AvgIpc) is 2.16. The first-order valence-corrected chi connectivity index (χ1v) is 6.44. The molecule has 0 aliphatic rings. The average molecular weight is 199 g/mol. The van der Waals surface area contributed by atoms with Crippen LogP contribution in [-0.2, 0) is 0 Å². The first-order valence-electron chi connectivity index (χ1n) is 6.44. The third kappa shape index (κ3) is 8.55. The predicted molar refractivity (Wildman–Crippen MR) is 65.4 cm³/mol. The van der Waals surface area contributed by atoms with Crippen molar-refractivity contribution in [2.75, 3.05) is 0 Å². The molecule has 1 atom stereocenters. The second-order valence-electron chi connectivity index (χ2n) is 4.82. The van der Waals surface area contributed by atoms with E-state index in [9.17, 15) is 0 Å². The van der Waals surface area contributed by atoms with E-state index in [-0.39, 0.29) is 0 Å². The fraction of sp³-hybridized carbons (Fsp3) is 1.00. The lowest BCUT2D eigenvalue weighted by Gasteiger charge is -2.14. The Kier molecular flexibility index (Phi) is 9.49. The maximum atomic E-state index is 5.98. The van der Waals surface area contributed by atoms with Crippen LogP contribution in [0.1, 0.15) is 72.1 Å². The van der Waals surface area contributed by atoms with E-state index in [0.29, 0.717) is 12.0 Å². The van der Waals surface area contributed by atoms with E-state index < -0.39 is 0 Å². The number of hydrogen-bond donors (Lipinski definition) is 1. The molecule has 14 heavy (non-hydrogen) atoms. The Morgan fingerprint density at radius 2 is 1.36 bits per heavy atom. The van der Waals surface area contributed by atoms with Crippen molar-refractivity contribution in [1.82, 2.24) is 0 Å². The summed E-state index contributed by atoms with van der Waals surface area (Å²) in [6, 6.07) is 0.422. The van der Waals surface area contributed by atoms with Gasteiger partial charge in [-0.3, -0.25) is 0 Å². The Balaban J connectivity index is 3.06. The van der Waals surface area contributed by atoms with E-state index in [0.717, 1.165) is 0 Å². The van der Waals surface area contributed by atoms with Crippen molar-refractivity contribution in [2.45, 2.75) is 78.2 Å². The summed E-state index contributed by atoms with van der Waals surface area (Å²) in [6.45, 7) is 6.69. The third-order valence-corrected chi connectivity index (χ3v) is 3.00. The number of nitrogens with two attached hydrogens (primary N) is 1. The fourth-order valence-corrected chi connectivity index (χ4v) is 1.67. The summed E-state index contributed by atoms with van der Waals surface area (Å²) in [6.07, 6.45) is 10.9. The van der Waals surface area contributed by atoms with Crippen LogP contribution in [0.15, 0.2) is 0 Å². The maximum absolute atomic E-state index is 5.98. The van der Waals surface area contributed by atoms with E-state index in [1.165, 1.54) is 51.4 Å². The molecule has 0 aromatic carbocycles. The Morgan fingerprint density at radius 3 is 1.86 bits per heavy atom. The molecule has 0 spiro atoms. The smallest absolute Gasteiger partial charge is 0.00618 e. The highest BCUT2D eigenvalue weighted by Gasteiger charge is 2.05. The van der Waals surface area contributed by atoms with Gasteiger partial charge in [-0.25, -0.2) is 0 Å². The SMILES string of the molecule is CCCCCCCCCC(N)C(C)C. The largest absolute Gasteiger partial charge is 0.327 e. The first kappa shape index (κ1) is 14.0. The molecular weight excluding hydrogens is 170 g/mol. The molecule has 0 amide bonds. The van der Waals surface area contributed by atoms with Crippen molar-refractivity contribution in [3.63, 3.8) is 0 Å². The summed E-state index contributed by atoms with van der Waals surface area (Å²) < 4.78 is 0. The van der Waals surface area contributed by atoms with E-state index in [1.807, 2.05) is 0 Å². The van der Waals surface area contributed by atoms with Gasteiger partial charge in [-0.2, -0.15) is 0 Å². The van der Waals surface area contributed by atoms with Gasteiger partial charge in [-0.05, 0) is 12.3 Å². The van der Waals surface area contributed by atoms with Crippen molar-refractivity contribution in [3.8, 4) is 0 Å². The van der Waals surface area contributed by atoms with Gasteiger partial charge in [-0.15, -0.1) is 0 Å². The van der Waals surface area contributed by atoms with Crippen molar-refractivity contribution in [2.24, 2.45) is 11.7 Å². The van der Waals surface area contributed by atoms with Gasteiger partial charge in [0.2, 0.25) is 0 Å². The minimum atomic E-state index is 0.422. The van der Waals surface area contributed by atoms with Gasteiger partial charge in [0.25, 0.3) is 0 Å². The van der Waals surface area contributed by atoms with E-state index in [4.69, 9.17) is 5.73 Å². The highest BCUT2D eigenvalue weighted by molar-refractivity contribution is 4.64. The van der Waals surface area contributed by atoms with Gasteiger partial charge in [0.1, 0.15) is 0 Å². The van der Waals surface area contributed by atoms with Crippen molar-refractivity contribution >= 4 is 0 Å². The van der Waals surface area contributed by atoms with E-state index >= 15 is 0 Å². The fourth-order valence-electron chi connectivity index (χ4n) is 1.67. The summed E-state index contributed by atoms with van der Waals surface area (Å²) in [5.41, 5.74) is 5.98. The molecule has 1 nitrogen and oxygen atoms in total. The highest BCUT2D eigenvalue weighted by atomic mass is 14.6. The Morgan fingerprint density at radius 1 is 0.857 bits per heavy atom. The lowest BCUT2D eigenvalue weighted by atomic mass is 9.98. The summed E-state index contributed by atoms with van der Waals surface area (Å²) in [5.74, 6) is 0.648. The van der Waals surface area contributed by atoms with Crippen LogP contribution in [0.2, 0.25) is 0 Å². The van der Waals surface area contributed by atoms with Crippen LogP contribution >= 0.6 is 0 Å². The molecule has 0 saturated carbocycles. The summed E-state index contributed by atoms with van der Waals surface area (Å²) in [5, 5.41) is 0. The maximum Gasteiger partial charge on any atom is 0.00618 e. The molecule has 0 fully saturated rings. The van der Waals surface area contributed by atoms with E-state index in [2.05, 4.69) is 20.8 Å². The van der Waals surface area contributed by atoms with Crippen molar-refractivity contribution < 1.29 is 0 Å². The first-order chi connectivity index (χ1) is 6.68. The number of hydrogen-bond acceptors (Lipinski definition) is 1. The van der Waals surface area contributed by atoms with Crippen LogP contribution < -0.4 is 5.73 Å². The van der Waals surface area contributed by atoms with Crippen molar-refractivity contribution in [1.29, 1.82) is 0 Å².